The molecule has 7 nitrogen and oxygen atoms in total. The average molecular weight is 422 g/mol. The van der Waals surface area contributed by atoms with Crippen LogP contribution < -0.4 is 10.6 Å². The molecule has 3 heterocycles. The monoisotopic (exact) mass is 421 g/mol. The summed E-state index contributed by atoms with van der Waals surface area (Å²) < 4.78 is 0. The molecule has 0 radical (unpaired) electrons. The molecule has 4 N–H and O–H groups in total. The van der Waals surface area contributed by atoms with Crippen LogP contribution in [0.1, 0.15) is 11.1 Å². The van der Waals surface area contributed by atoms with Crippen molar-refractivity contribution < 1.29 is 0 Å². The van der Waals surface area contributed by atoms with Gasteiger partial charge in [-0.3, -0.25) is 10.2 Å². The Morgan fingerprint density at radius 1 is 0.562 bits per heavy atom. The second-order valence-corrected chi connectivity index (χ2v) is 7.72. The minimum Gasteiger partial charge on any atom is -0.323 e. The van der Waals surface area contributed by atoms with E-state index in [4.69, 9.17) is 0 Å². The van der Waals surface area contributed by atoms with Crippen LogP contribution in [0.15, 0.2) is 78.9 Å². The van der Waals surface area contributed by atoms with Gasteiger partial charge in [0.2, 0.25) is 0 Å². The summed E-state index contributed by atoms with van der Waals surface area (Å²) in [4.78, 5) is 4.62. The second-order valence-electron chi connectivity index (χ2n) is 7.72. The van der Waals surface area contributed by atoms with Gasteiger partial charge in [0, 0.05) is 12.1 Å². The third kappa shape index (κ3) is 4.37. The van der Waals surface area contributed by atoms with Gasteiger partial charge in [-0.05, 0) is 37.1 Å². The van der Waals surface area contributed by atoms with Crippen LogP contribution in [0.25, 0.3) is 22.5 Å². The van der Waals surface area contributed by atoms with Crippen LogP contribution in [0.4, 0.5) is 23.3 Å². The molecule has 32 heavy (non-hydrogen) atoms. The van der Waals surface area contributed by atoms with Gasteiger partial charge < -0.3 is 10.6 Å². The zero-order valence-electron chi connectivity index (χ0n) is 17.8. The maximum Gasteiger partial charge on any atom is 0.153 e. The van der Waals surface area contributed by atoms with Crippen molar-refractivity contribution in [2.75, 3.05) is 10.6 Å². The van der Waals surface area contributed by atoms with Gasteiger partial charge in [0.05, 0.1) is 11.4 Å². The van der Waals surface area contributed by atoms with Gasteiger partial charge in [-0.25, -0.2) is 4.98 Å². The van der Waals surface area contributed by atoms with Crippen LogP contribution in [0, 0.1) is 13.8 Å². The van der Waals surface area contributed by atoms with Crippen molar-refractivity contribution in [3.05, 3.63) is 90.0 Å². The summed E-state index contributed by atoms with van der Waals surface area (Å²) in [5, 5.41) is 21.3. The lowest BCUT2D eigenvalue weighted by Crippen LogP contribution is -1.98. The number of hydrogen-bond acceptors (Lipinski definition) is 5. The normalized spacial score (nSPS) is 10.8. The largest absolute Gasteiger partial charge is 0.323 e. The first-order chi connectivity index (χ1) is 15.6. The molecular weight excluding hydrogens is 398 g/mol. The maximum atomic E-state index is 4.62. The SMILES string of the molecule is Cc1ccc(-c2cc(Nc3cccc(Nc4cc(-c5ccc(C)cc5)[nH]n4)n3)n[nH]2)cc1. The predicted molar refractivity (Wildman–Crippen MR) is 128 cm³/mol. The number of hydrogen-bond donors (Lipinski definition) is 4. The minimum absolute atomic E-state index is 0.686. The minimum atomic E-state index is 0.686. The second kappa shape index (κ2) is 8.39. The van der Waals surface area contributed by atoms with Crippen LogP contribution in [0.2, 0.25) is 0 Å². The highest BCUT2D eigenvalue weighted by Gasteiger charge is 2.07. The molecular formula is C25H23N7. The molecule has 0 spiro atoms. The van der Waals surface area contributed by atoms with Gasteiger partial charge in [0.15, 0.2) is 11.6 Å². The number of aromatic nitrogens is 5. The van der Waals surface area contributed by atoms with E-state index in [-0.39, 0.29) is 0 Å². The van der Waals surface area contributed by atoms with E-state index in [0.29, 0.717) is 23.3 Å². The van der Waals surface area contributed by atoms with Crippen molar-refractivity contribution in [1.82, 2.24) is 25.4 Å². The Labute approximate surface area is 186 Å². The first kappa shape index (κ1) is 19.6. The zero-order chi connectivity index (χ0) is 21.9. The Balaban J connectivity index is 1.28. The maximum absolute atomic E-state index is 4.62. The van der Waals surface area contributed by atoms with E-state index in [2.05, 4.69) is 98.4 Å². The Hall–Kier alpha value is -4.39. The van der Waals surface area contributed by atoms with E-state index in [0.717, 1.165) is 22.5 Å². The Kier molecular flexibility index (Phi) is 5.13. The van der Waals surface area contributed by atoms with E-state index < -0.39 is 0 Å². The molecule has 5 rings (SSSR count). The van der Waals surface area contributed by atoms with E-state index in [9.17, 15) is 0 Å². The summed E-state index contributed by atoms with van der Waals surface area (Å²) in [5.74, 6) is 2.77. The molecule has 0 aliphatic carbocycles. The molecule has 0 atom stereocenters. The summed E-state index contributed by atoms with van der Waals surface area (Å²) in [5.41, 5.74) is 6.51. The summed E-state index contributed by atoms with van der Waals surface area (Å²) in [6, 6.07) is 26.3. The molecule has 0 saturated heterocycles. The van der Waals surface area contributed by atoms with E-state index in [1.54, 1.807) is 0 Å². The fraction of sp³-hybridized carbons (Fsp3) is 0.0800. The number of nitrogens with zero attached hydrogens (tertiary/aromatic N) is 3. The van der Waals surface area contributed by atoms with E-state index >= 15 is 0 Å². The molecule has 0 aliphatic heterocycles. The average Bonchev–Trinajstić information content (AvgIpc) is 3.45. The quantitative estimate of drug-likeness (QED) is 0.271. The summed E-state index contributed by atoms with van der Waals surface area (Å²) in [6.45, 7) is 4.14. The lowest BCUT2D eigenvalue weighted by atomic mass is 10.1. The highest BCUT2D eigenvalue weighted by molar-refractivity contribution is 5.67. The molecule has 0 aliphatic rings. The number of anilines is 4. The lowest BCUT2D eigenvalue weighted by molar-refractivity contribution is 1.09. The van der Waals surface area contributed by atoms with Gasteiger partial charge in [-0.15, -0.1) is 0 Å². The van der Waals surface area contributed by atoms with E-state index in [1.165, 1.54) is 11.1 Å². The first-order valence-corrected chi connectivity index (χ1v) is 10.4. The number of aromatic amines is 2. The highest BCUT2D eigenvalue weighted by Crippen LogP contribution is 2.24. The number of benzene rings is 2. The predicted octanol–water partition coefficient (Wildman–Crippen LogP) is 5.97. The number of pyridine rings is 1. The first-order valence-electron chi connectivity index (χ1n) is 10.4. The molecule has 0 unspecified atom stereocenters. The van der Waals surface area contributed by atoms with Crippen LogP contribution in [0.3, 0.4) is 0 Å². The summed E-state index contributed by atoms with van der Waals surface area (Å²) >= 11 is 0. The molecule has 0 bridgehead atoms. The molecule has 2 aromatic carbocycles. The summed E-state index contributed by atoms with van der Waals surface area (Å²) in [7, 11) is 0. The smallest absolute Gasteiger partial charge is 0.153 e. The summed E-state index contributed by atoms with van der Waals surface area (Å²) in [6.07, 6.45) is 0. The number of H-pyrrole nitrogens is 2. The van der Waals surface area contributed by atoms with Crippen molar-refractivity contribution in [2.24, 2.45) is 0 Å². The van der Waals surface area contributed by atoms with E-state index in [1.807, 2.05) is 30.3 Å². The van der Waals surface area contributed by atoms with Gasteiger partial charge in [-0.2, -0.15) is 10.2 Å². The van der Waals surface area contributed by atoms with Crippen molar-refractivity contribution in [2.45, 2.75) is 13.8 Å². The van der Waals surface area contributed by atoms with Crippen molar-refractivity contribution in [3.8, 4) is 22.5 Å². The fourth-order valence-electron chi connectivity index (χ4n) is 3.37. The van der Waals surface area contributed by atoms with Crippen LogP contribution in [0.5, 0.6) is 0 Å². The zero-order valence-corrected chi connectivity index (χ0v) is 17.8. The third-order valence-corrected chi connectivity index (χ3v) is 5.14. The van der Waals surface area contributed by atoms with Crippen LogP contribution in [-0.4, -0.2) is 25.4 Å². The molecule has 7 heteroatoms. The van der Waals surface area contributed by atoms with Crippen LogP contribution >= 0.6 is 0 Å². The number of nitrogens with one attached hydrogen (secondary N) is 4. The molecule has 0 saturated carbocycles. The number of rotatable bonds is 6. The molecule has 158 valence electrons. The Bertz CT molecular complexity index is 1230. The third-order valence-electron chi connectivity index (χ3n) is 5.14. The van der Waals surface area contributed by atoms with Gasteiger partial charge in [0.25, 0.3) is 0 Å². The van der Waals surface area contributed by atoms with Gasteiger partial charge in [-0.1, -0.05) is 65.7 Å². The van der Waals surface area contributed by atoms with Gasteiger partial charge >= 0.3 is 0 Å². The van der Waals surface area contributed by atoms with Crippen molar-refractivity contribution >= 4 is 23.3 Å². The number of aryl methyl sites for hydroxylation is 2. The highest BCUT2D eigenvalue weighted by atomic mass is 15.2. The Morgan fingerprint density at radius 2 is 1.00 bits per heavy atom. The molecule has 3 aromatic heterocycles. The molecule has 0 fully saturated rings. The molecule has 5 aromatic rings. The Morgan fingerprint density at radius 3 is 1.44 bits per heavy atom. The van der Waals surface area contributed by atoms with Crippen molar-refractivity contribution in [3.63, 3.8) is 0 Å². The van der Waals surface area contributed by atoms with Gasteiger partial charge in [0.1, 0.15) is 11.6 Å². The standard InChI is InChI=1S/C25H23N7/c1-16-6-10-18(11-7-16)20-14-24(31-29-20)27-22-4-3-5-23(26-22)28-25-15-21(30-32-25)19-12-8-17(2)9-13-19/h3-15H,1-2H3,(H4,26,27,28,29,30,31,32). The van der Waals surface area contributed by atoms with Crippen LogP contribution in [-0.2, 0) is 0 Å². The topological polar surface area (TPSA) is 94.3 Å². The fourth-order valence-corrected chi connectivity index (χ4v) is 3.37. The van der Waals surface area contributed by atoms with Crippen molar-refractivity contribution in [1.29, 1.82) is 0 Å². The lowest BCUT2D eigenvalue weighted by Gasteiger charge is -2.05. The molecule has 0 amide bonds.